The lowest BCUT2D eigenvalue weighted by Gasteiger charge is -2.26. The van der Waals surface area contributed by atoms with Crippen LogP contribution < -0.4 is 15.4 Å². The summed E-state index contributed by atoms with van der Waals surface area (Å²) in [5.74, 6) is 1.74. The van der Waals surface area contributed by atoms with Crippen molar-refractivity contribution in [2.45, 2.75) is 32.4 Å². The Hall–Kier alpha value is -2.71. The molecule has 1 atom stereocenters. The van der Waals surface area contributed by atoms with E-state index in [1.54, 1.807) is 13.3 Å². The Labute approximate surface area is 165 Å². The normalized spacial score (nSPS) is 14.9. The van der Waals surface area contributed by atoms with Crippen LogP contribution in [0.3, 0.4) is 0 Å². The van der Waals surface area contributed by atoms with Gasteiger partial charge in [0.25, 0.3) is 0 Å². The topological polar surface area (TPSA) is 106 Å². The molecule has 0 saturated carbocycles. The van der Waals surface area contributed by atoms with E-state index in [9.17, 15) is 0 Å². The Morgan fingerprint density at radius 3 is 2.93 bits per heavy atom. The van der Waals surface area contributed by atoms with E-state index in [0.717, 1.165) is 30.9 Å². The summed E-state index contributed by atoms with van der Waals surface area (Å²) in [5.41, 5.74) is 3.98. The lowest BCUT2D eigenvalue weighted by molar-refractivity contribution is 0.282. The number of benzene rings is 1. The second-order valence-corrected chi connectivity index (χ2v) is 7.13. The number of anilines is 3. The van der Waals surface area contributed by atoms with Crippen LogP contribution in [0.5, 0.6) is 5.75 Å². The van der Waals surface area contributed by atoms with Crippen LogP contribution >= 0.6 is 0 Å². The van der Waals surface area contributed by atoms with Crippen LogP contribution in [-0.4, -0.2) is 59.5 Å². The molecular weight excluding hydrogens is 356 g/mol. The lowest BCUT2D eigenvalue weighted by Crippen LogP contribution is -2.26. The van der Waals surface area contributed by atoms with Gasteiger partial charge in [0.15, 0.2) is 0 Å². The highest BCUT2D eigenvalue weighted by Gasteiger charge is 2.18. The lowest BCUT2D eigenvalue weighted by atomic mass is 9.99. The minimum atomic E-state index is 0.0280. The highest BCUT2D eigenvalue weighted by atomic mass is 16.5. The van der Waals surface area contributed by atoms with Gasteiger partial charge in [-0.2, -0.15) is 4.98 Å². The fourth-order valence-electron chi connectivity index (χ4n) is 3.29. The van der Waals surface area contributed by atoms with Gasteiger partial charge >= 0.3 is 0 Å². The van der Waals surface area contributed by atoms with Crippen molar-refractivity contribution in [2.24, 2.45) is 0 Å². The zero-order chi connectivity index (χ0) is 20.1. The molecule has 0 aliphatic carbocycles. The molecule has 0 spiro atoms. The first-order valence-corrected chi connectivity index (χ1v) is 9.44. The number of aliphatic hydroxyl groups is 1. The van der Waals surface area contributed by atoms with Crippen LogP contribution in [-0.2, 0) is 13.0 Å². The molecule has 150 valence electrons. The molecule has 1 aromatic heterocycles. The summed E-state index contributed by atoms with van der Waals surface area (Å²) < 4.78 is 5.57. The number of hydrogen-bond acceptors (Lipinski definition) is 8. The van der Waals surface area contributed by atoms with Crippen LogP contribution in [0.1, 0.15) is 30.0 Å². The molecule has 0 bridgehead atoms. The summed E-state index contributed by atoms with van der Waals surface area (Å²) in [6, 6.07) is 4.21. The molecule has 1 aliphatic heterocycles. The van der Waals surface area contributed by atoms with Gasteiger partial charge in [-0.3, -0.25) is 0 Å². The zero-order valence-corrected chi connectivity index (χ0v) is 16.6. The highest BCUT2D eigenvalue weighted by Crippen LogP contribution is 2.33. The zero-order valence-electron chi connectivity index (χ0n) is 16.6. The van der Waals surface area contributed by atoms with Gasteiger partial charge in [-0.1, -0.05) is 0 Å². The number of rotatable bonds is 8. The van der Waals surface area contributed by atoms with E-state index in [2.05, 4.69) is 44.7 Å². The van der Waals surface area contributed by atoms with Crippen molar-refractivity contribution in [3.8, 4) is 5.75 Å². The van der Waals surface area contributed by atoms with Crippen molar-refractivity contribution in [2.75, 3.05) is 37.9 Å². The van der Waals surface area contributed by atoms with Crippen LogP contribution in [0.4, 0.5) is 17.5 Å². The van der Waals surface area contributed by atoms with Crippen molar-refractivity contribution < 1.29 is 9.84 Å². The third kappa shape index (κ3) is 4.58. The molecule has 1 aromatic carbocycles. The van der Waals surface area contributed by atoms with Gasteiger partial charge < -0.3 is 30.8 Å². The minimum absolute atomic E-state index is 0.0280. The number of ether oxygens (including phenoxy) is 1. The summed E-state index contributed by atoms with van der Waals surface area (Å²) in [7, 11) is 3.77. The van der Waals surface area contributed by atoms with Gasteiger partial charge in [0.2, 0.25) is 5.95 Å². The standard InChI is InChI=1S/C20H28N6O2/c1-13(5-7-27)23-19-16(10-21)11-22-20(25-19)24-17-8-15-12-26(2)6-4-14(15)9-18(17)28-3/h8-11,13,21,27H,4-7,12H2,1-3H3,(H2,22,23,24,25). The molecule has 2 aromatic rings. The Balaban J connectivity index is 1.88. The average molecular weight is 384 g/mol. The summed E-state index contributed by atoms with van der Waals surface area (Å²) in [5, 5.41) is 23.2. The van der Waals surface area contributed by atoms with Gasteiger partial charge in [-0.15, -0.1) is 0 Å². The van der Waals surface area contributed by atoms with Crippen molar-refractivity contribution >= 4 is 23.7 Å². The average Bonchev–Trinajstić information content (AvgIpc) is 2.68. The van der Waals surface area contributed by atoms with Gasteiger partial charge in [0, 0.05) is 38.1 Å². The van der Waals surface area contributed by atoms with Crippen LogP contribution in [0, 0.1) is 5.41 Å². The minimum Gasteiger partial charge on any atom is -0.495 e. The molecule has 0 saturated heterocycles. The Morgan fingerprint density at radius 1 is 1.39 bits per heavy atom. The van der Waals surface area contributed by atoms with E-state index in [1.165, 1.54) is 17.3 Å². The van der Waals surface area contributed by atoms with E-state index in [4.69, 9.17) is 15.3 Å². The number of aliphatic hydroxyl groups excluding tert-OH is 1. The second-order valence-electron chi connectivity index (χ2n) is 7.13. The third-order valence-corrected chi connectivity index (χ3v) is 4.89. The summed E-state index contributed by atoms with van der Waals surface area (Å²) in [6.45, 7) is 3.98. The van der Waals surface area contributed by atoms with Gasteiger partial charge in [0.05, 0.1) is 18.4 Å². The smallest absolute Gasteiger partial charge is 0.229 e. The molecule has 1 aliphatic rings. The molecule has 0 radical (unpaired) electrons. The Bertz CT molecular complexity index is 842. The predicted octanol–water partition coefficient (Wildman–Crippen LogP) is 2.40. The van der Waals surface area contributed by atoms with E-state index < -0.39 is 0 Å². The fraction of sp³-hybridized carbons (Fsp3) is 0.450. The fourth-order valence-corrected chi connectivity index (χ4v) is 3.29. The number of hydrogen-bond donors (Lipinski definition) is 4. The second kappa shape index (κ2) is 8.99. The monoisotopic (exact) mass is 384 g/mol. The predicted molar refractivity (Wildman–Crippen MR) is 111 cm³/mol. The number of nitrogens with one attached hydrogen (secondary N) is 3. The van der Waals surface area contributed by atoms with Crippen molar-refractivity contribution in [3.05, 3.63) is 35.0 Å². The van der Waals surface area contributed by atoms with Gasteiger partial charge in [-0.25, -0.2) is 4.98 Å². The highest BCUT2D eigenvalue weighted by molar-refractivity contribution is 5.84. The Kier molecular flexibility index (Phi) is 6.43. The molecule has 3 rings (SSSR count). The number of likely N-dealkylation sites (N-methyl/N-ethyl adjacent to an activating group) is 1. The van der Waals surface area contributed by atoms with Crippen molar-refractivity contribution in [1.29, 1.82) is 5.41 Å². The van der Waals surface area contributed by atoms with E-state index in [0.29, 0.717) is 23.8 Å². The largest absolute Gasteiger partial charge is 0.495 e. The number of fused-ring (bicyclic) bond motifs is 1. The third-order valence-electron chi connectivity index (χ3n) is 4.89. The number of methoxy groups -OCH3 is 1. The first-order valence-electron chi connectivity index (χ1n) is 9.44. The molecule has 8 nitrogen and oxygen atoms in total. The molecule has 2 heterocycles. The molecule has 0 amide bonds. The molecule has 28 heavy (non-hydrogen) atoms. The first kappa shape index (κ1) is 20.0. The van der Waals surface area contributed by atoms with E-state index >= 15 is 0 Å². The molecule has 4 N–H and O–H groups in total. The van der Waals surface area contributed by atoms with Gasteiger partial charge in [0.1, 0.15) is 11.6 Å². The summed E-state index contributed by atoms with van der Waals surface area (Å²) in [4.78, 5) is 11.2. The van der Waals surface area contributed by atoms with Gasteiger partial charge in [-0.05, 0) is 50.1 Å². The van der Waals surface area contributed by atoms with Crippen LogP contribution in [0.15, 0.2) is 18.3 Å². The van der Waals surface area contributed by atoms with Crippen LogP contribution in [0.2, 0.25) is 0 Å². The summed E-state index contributed by atoms with van der Waals surface area (Å²) in [6.07, 6.45) is 4.42. The maximum atomic E-state index is 9.12. The maximum absolute atomic E-state index is 9.12. The maximum Gasteiger partial charge on any atom is 0.229 e. The Morgan fingerprint density at radius 2 is 2.21 bits per heavy atom. The number of nitrogens with zero attached hydrogens (tertiary/aromatic N) is 3. The quantitative estimate of drug-likeness (QED) is 0.518. The molecule has 1 unspecified atom stereocenters. The molecule has 0 fully saturated rings. The van der Waals surface area contributed by atoms with Crippen molar-refractivity contribution in [1.82, 2.24) is 14.9 Å². The summed E-state index contributed by atoms with van der Waals surface area (Å²) >= 11 is 0. The number of aromatic nitrogens is 2. The van der Waals surface area contributed by atoms with Crippen LogP contribution in [0.25, 0.3) is 0 Å². The van der Waals surface area contributed by atoms with E-state index in [1.807, 2.05) is 6.92 Å². The van der Waals surface area contributed by atoms with E-state index in [-0.39, 0.29) is 12.6 Å². The first-order chi connectivity index (χ1) is 13.5. The van der Waals surface area contributed by atoms with Crippen molar-refractivity contribution in [3.63, 3.8) is 0 Å². The SMILES string of the molecule is COc1cc2c(cc1Nc1ncc(C=N)c(NC(C)CCO)n1)CN(C)CC2. The molecule has 8 heteroatoms. The molecular formula is C20H28N6O2.